The van der Waals surface area contributed by atoms with Gasteiger partial charge in [-0.15, -0.1) is 0 Å². The first kappa shape index (κ1) is 21.9. The smallest absolute Gasteiger partial charge is 0.269 e. The third-order valence-electron chi connectivity index (χ3n) is 3.70. The van der Waals surface area contributed by atoms with Gasteiger partial charge in [-0.1, -0.05) is 55.8 Å². The van der Waals surface area contributed by atoms with Crippen LogP contribution in [0, 0.1) is 5.92 Å². The molecule has 2 amide bonds. The van der Waals surface area contributed by atoms with Crippen molar-refractivity contribution in [1.82, 2.24) is 15.6 Å². The zero-order valence-corrected chi connectivity index (χ0v) is 17.1. The molecule has 0 saturated carbocycles. The van der Waals surface area contributed by atoms with Crippen LogP contribution in [0.1, 0.15) is 36.2 Å². The molecule has 150 valence electrons. The zero-order chi connectivity index (χ0) is 20.7. The van der Waals surface area contributed by atoms with Crippen molar-refractivity contribution in [3.8, 4) is 0 Å². The van der Waals surface area contributed by atoms with E-state index in [1.54, 1.807) is 24.3 Å². The van der Waals surface area contributed by atoms with Gasteiger partial charge in [0, 0.05) is 18.5 Å². The molecule has 0 aliphatic rings. The Morgan fingerprint density at radius 2 is 1.71 bits per heavy atom. The summed E-state index contributed by atoms with van der Waals surface area (Å²) >= 11 is 6.03. The SMILES string of the molecule is CC(C)CC(=O)NNC(=O)c1ccc(Cl)c(S(=O)(=O)NCc2ccccc2)c1. The molecular formula is C19H22ClN3O4S. The molecule has 0 heterocycles. The summed E-state index contributed by atoms with van der Waals surface area (Å²) in [6.45, 7) is 3.83. The Balaban J connectivity index is 2.11. The lowest BCUT2D eigenvalue weighted by Gasteiger charge is -2.12. The maximum absolute atomic E-state index is 12.6. The second-order valence-electron chi connectivity index (χ2n) is 6.56. The van der Waals surface area contributed by atoms with Crippen LogP contribution in [0.2, 0.25) is 5.02 Å². The second kappa shape index (κ2) is 9.68. The Labute approximate surface area is 169 Å². The molecule has 3 N–H and O–H groups in total. The van der Waals surface area contributed by atoms with Gasteiger partial charge >= 0.3 is 0 Å². The molecule has 2 aromatic carbocycles. The molecule has 0 fully saturated rings. The molecule has 28 heavy (non-hydrogen) atoms. The predicted molar refractivity (Wildman–Crippen MR) is 107 cm³/mol. The van der Waals surface area contributed by atoms with Gasteiger partial charge < -0.3 is 0 Å². The van der Waals surface area contributed by atoms with Crippen LogP contribution in [-0.2, 0) is 21.4 Å². The minimum atomic E-state index is -3.94. The third kappa shape index (κ3) is 6.33. The first-order valence-corrected chi connectivity index (χ1v) is 10.5. The van der Waals surface area contributed by atoms with E-state index in [9.17, 15) is 18.0 Å². The lowest BCUT2D eigenvalue weighted by Crippen LogP contribution is -2.42. The van der Waals surface area contributed by atoms with Gasteiger partial charge in [-0.3, -0.25) is 20.4 Å². The van der Waals surface area contributed by atoms with Crippen LogP contribution in [0.4, 0.5) is 0 Å². The highest BCUT2D eigenvalue weighted by molar-refractivity contribution is 7.89. The summed E-state index contributed by atoms with van der Waals surface area (Å²) in [7, 11) is -3.94. The van der Waals surface area contributed by atoms with Gasteiger partial charge in [-0.05, 0) is 29.7 Å². The molecule has 0 aromatic heterocycles. The predicted octanol–water partition coefficient (Wildman–Crippen LogP) is 2.63. The average Bonchev–Trinajstić information content (AvgIpc) is 2.65. The minimum absolute atomic E-state index is 0.0130. The fourth-order valence-electron chi connectivity index (χ4n) is 2.32. The highest BCUT2D eigenvalue weighted by atomic mass is 35.5. The summed E-state index contributed by atoms with van der Waals surface area (Å²) in [5.41, 5.74) is 5.39. The summed E-state index contributed by atoms with van der Waals surface area (Å²) in [5.74, 6) is -0.845. The van der Waals surface area contributed by atoms with Crippen molar-refractivity contribution in [2.24, 2.45) is 5.92 Å². The van der Waals surface area contributed by atoms with Crippen molar-refractivity contribution in [1.29, 1.82) is 0 Å². The van der Waals surface area contributed by atoms with Crippen LogP contribution in [-0.4, -0.2) is 20.2 Å². The first-order valence-electron chi connectivity index (χ1n) is 8.61. The van der Waals surface area contributed by atoms with Gasteiger partial charge in [0.2, 0.25) is 15.9 Å². The second-order valence-corrected chi connectivity index (χ2v) is 8.70. The summed E-state index contributed by atoms with van der Waals surface area (Å²) in [6, 6.07) is 12.9. The van der Waals surface area contributed by atoms with Crippen molar-refractivity contribution >= 4 is 33.4 Å². The summed E-state index contributed by atoms with van der Waals surface area (Å²) in [5, 5.41) is -0.0130. The molecule has 2 rings (SSSR count). The van der Waals surface area contributed by atoms with Gasteiger partial charge in [-0.2, -0.15) is 0 Å². The fourth-order valence-corrected chi connectivity index (χ4v) is 3.86. The quantitative estimate of drug-likeness (QED) is 0.595. The summed E-state index contributed by atoms with van der Waals surface area (Å²) < 4.78 is 27.6. The number of nitrogens with one attached hydrogen (secondary N) is 3. The van der Waals surface area contributed by atoms with E-state index in [4.69, 9.17) is 11.6 Å². The topological polar surface area (TPSA) is 104 Å². The van der Waals surface area contributed by atoms with Crippen LogP contribution < -0.4 is 15.6 Å². The number of hydrogen-bond acceptors (Lipinski definition) is 4. The number of benzene rings is 2. The van der Waals surface area contributed by atoms with Crippen molar-refractivity contribution in [3.05, 3.63) is 64.7 Å². The third-order valence-corrected chi connectivity index (χ3v) is 5.58. The van der Waals surface area contributed by atoms with Crippen molar-refractivity contribution in [2.75, 3.05) is 0 Å². The molecule has 0 aliphatic carbocycles. The van der Waals surface area contributed by atoms with E-state index >= 15 is 0 Å². The van der Waals surface area contributed by atoms with E-state index in [0.717, 1.165) is 5.56 Å². The van der Waals surface area contributed by atoms with Gasteiger partial charge in [0.05, 0.1) is 5.02 Å². The molecule has 7 nitrogen and oxygen atoms in total. The van der Waals surface area contributed by atoms with Gasteiger partial charge in [-0.25, -0.2) is 13.1 Å². The zero-order valence-electron chi connectivity index (χ0n) is 15.5. The lowest BCUT2D eigenvalue weighted by atomic mass is 10.1. The van der Waals surface area contributed by atoms with Crippen molar-refractivity contribution in [2.45, 2.75) is 31.7 Å². The Morgan fingerprint density at radius 1 is 1.04 bits per heavy atom. The number of sulfonamides is 1. The highest BCUT2D eigenvalue weighted by Gasteiger charge is 2.20. The van der Waals surface area contributed by atoms with Gasteiger partial charge in [0.1, 0.15) is 4.90 Å². The van der Waals surface area contributed by atoms with E-state index < -0.39 is 15.9 Å². The van der Waals surface area contributed by atoms with Gasteiger partial charge in [0.25, 0.3) is 5.91 Å². The number of hydrazine groups is 1. The number of carbonyl (C=O) groups is 2. The molecule has 9 heteroatoms. The number of amides is 2. The minimum Gasteiger partial charge on any atom is -0.273 e. The van der Waals surface area contributed by atoms with Crippen LogP contribution >= 0.6 is 11.6 Å². The van der Waals surface area contributed by atoms with E-state index in [1.165, 1.54) is 18.2 Å². The molecule has 0 spiro atoms. The van der Waals surface area contributed by atoms with Crippen LogP contribution in [0.25, 0.3) is 0 Å². The normalized spacial score (nSPS) is 11.3. The molecule has 0 radical (unpaired) electrons. The molecule has 0 saturated heterocycles. The first-order chi connectivity index (χ1) is 13.2. The Bertz CT molecular complexity index is 947. The standard InChI is InChI=1S/C19H22ClN3O4S/c1-13(2)10-18(24)22-23-19(25)15-8-9-16(20)17(11-15)28(26,27)21-12-14-6-4-3-5-7-14/h3-9,11,13,21H,10,12H2,1-2H3,(H,22,24)(H,23,25). The number of halogens is 1. The summed E-state index contributed by atoms with van der Waals surface area (Å²) in [4.78, 5) is 23.6. The van der Waals surface area contributed by atoms with Crippen molar-refractivity contribution in [3.63, 3.8) is 0 Å². The maximum atomic E-state index is 12.6. The Morgan fingerprint density at radius 3 is 2.36 bits per heavy atom. The van der Waals surface area contributed by atoms with E-state index in [0.29, 0.717) is 0 Å². The Hall–Kier alpha value is -2.42. The maximum Gasteiger partial charge on any atom is 0.269 e. The van der Waals surface area contributed by atoms with Crippen molar-refractivity contribution < 1.29 is 18.0 Å². The number of carbonyl (C=O) groups excluding carboxylic acids is 2. The van der Waals surface area contributed by atoms with E-state index in [2.05, 4.69) is 15.6 Å². The molecule has 0 unspecified atom stereocenters. The molecule has 0 atom stereocenters. The molecule has 0 aliphatic heterocycles. The molecule has 2 aromatic rings. The average molecular weight is 424 g/mol. The summed E-state index contributed by atoms with van der Waals surface area (Å²) in [6.07, 6.45) is 0.254. The molecule has 0 bridgehead atoms. The van der Waals surface area contributed by atoms with Gasteiger partial charge in [0.15, 0.2) is 0 Å². The largest absolute Gasteiger partial charge is 0.273 e. The van der Waals surface area contributed by atoms with E-state index in [-0.39, 0.29) is 40.3 Å². The monoisotopic (exact) mass is 423 g/mol. The number of rotatable bonds is 7. The van der Waals surface area contributed by atoms with Crippen LogP contribution in [0.5, 0.6) is 0 Å². The van der Waals surface area contributed by atoms with Crippen LogP contribution in [0.3, 0.4) is 0 Å². The fraction of sp³-hybridized carbons (Fsp3) is 0.263. The van der Waals surface area contributed by atoms with E-state index in [1.807, 2.05) is 19.9 Å². The lowest BCUT2D eigenvalue weighted by molar-refractivity contribution is -0.122. The Kier molecular flexibility index (Phi) is 7.56. The molecular weight excluding hydrogens is 402 g/mol. The van der Waals surface area contributed by atoms with Crippen LogP contribution in [0.15, 0.2) is 53.4 Å². The number of hydrogen-bond donors (Lipinski definition) is 3. The highest BCUT2D eigenvalue weighted by Crippen LogP contribution is 2.23.